The Hall–Kier alpha value is -2.98. The van der Waals surface area contributed by atoms with Crippen molar-refractivity contribution in [1.82, 2.24) is 10.3 Å². The van der Waals surface area contributed by atoms with Gasteiger partial charge in [-0.05, 0) is 35.4 Å². The second kappa shape index (κ2) is 8.04. The highest BCUT2D eigenvalue weighted by Crippen LogP contribution is 2.16. The Labute approximate surface area is 141 Å². The summed E-state index contributed by atoms with van der Waals surface area (Å²) in [6, 6.07) is 22.7. The van der Waals surface area contributed by atoms with Gasteiger partial charge in [-0.2, -0.15) is 0 Å². The van der Waals surface area contributed by atoms with Gasteiger partial charge >= 0.3 is 0 Å². The van der Waals surface area contributed by atoms with Crippen LogP contribution < -0.4 is 10.6 Å². The minimum Gasteiger partial charge on any atom is -0.324 e. The Bertz CT molecular complexity index is 761. The highest BCUT2D eigenvalue weighted by Gasteiger charge is 2.20. The summed E-state index contributed by atoms with van der Waals surface area (Å²) < 4.78 is 0. The molecule has 1 unspecified atom stereocenters. The van der Waals surface area contributed by atoms with E-state index in [0.29, 0.717) is 6.54 Å². The van der Waals surface area contributed by atoms with Crippen molar-refractivity contribution in [3.63, 3.8) is 0 Å². The molecule has 0 radical (unpaired) electrons. The lowest BCUT2D eigenvalue weighted by molar-refractivity contribution is -0.118. The summed E-state index contributed by atoms with van der Waals surface area (Å²) in [5.74, 6) is -0.0941. The third-order valence-electron chi connectivity index (χ3n) is 3.70. The molecule has 0 fully saturated rings. The first kappa shape index (κ1) is 15.9. The van der Waals surface area contributed by atoms with Gasteiger partial charge in [0.1, 0.15) is 6.04 Å². The maximum atomic E-state index is 12.7. The van der Waals surface area contributed by atoms with Crippen LogP contribution in [0, 0.1) is 0 Å². The summed E-state index contributed by atoms with van der Waals surface area (Å²) in [7, 11) is 0. The fraction of sp³-hybridized carbons (Fsp3) is 0.100. The van der Waals surface area contributed by atoms with E-state index in [-0.39, 0.29) is 5.91 Å². The van der Waals surface area contributed by atoms with Crippen LogP contribution in [-0.2, 0) is 11.3 Å². The predicted octanol–water partition coefficient (Wildman–Crippen LogP) is 3.55. The molecule has 120 valence electrons. The number of benzene rings is 2. The molecule has 1 heterocycles. The lowest BCUT2D eigenvalue weighted by atomic mass is 10.1. The van der Waals surface area contributed by atoms with E-state index in [9.17, 15) is 4.79 Å². The number of rotatable bonds is 6. The molecule has 0 aliphatic rings. The number of pyridine rings is 1. The lowest BCUT2D eigenvalue weighted by Crippen LogP contribution is -2.32. The van der Waals surface area contributed by atoms with Crippen molar-refractivity contribution in [3.05, 3.63) is 96.3 Å². The normalized spacial score (nSPS) is 11.7. The van der Waals surface area contributed by atoms with Gasteiger partial charge in [0, 0.05) is 24.6 Å². The Morgan fingerprint density at radius 1 is 0.875 bits per heavy atom. The largest absolute Gasteiger partial charge is 0.324 e. The maximum absolute atomic E-state index is 12.7. The van der Waals surface area contributed by atoms with Crippen LogP contribution in [0.2, 0.25) is 0 Å². The van der Waals surface area contributed by atoms with Gasteiger partial charge in [0.05, 0.1) is 0 Å². The van der Waals surface area contributed by atoms with Crippen molar-refractivity contribution in [2.24, 2.45) is 0 Å². The fourth-order valence-electron chi connectivity index (χ4n) is 2.47. The van der Waals surface area contributed by atoms with Crippen molar-refractivity contribution >= 4 is 11.6 Å². The lowest BCUT2D eigenvalue weighted by Gasteiger charge is -2.19. The predicted molar refractivity (Wildman–Crippen MR) is 95.3 cm³/mol. The van der Waals surface area contributed by atoms with Crippen molar-refractivity contribution < 1.29 is 4.79 Å². The number of hydrogen-bond donors (Lipinski definition) is 2. The van der Waals surface area contributed by atoms with Gasteiger partial charge in [0.15, 0.2) is 0 Å². The Balaban J connectivity index is 1.75. The zero-order valence-corrected chi connectivity index (χ0v) is 13.2. The summed E-state index contributed by atoms with van der Waals surface area (Å²) in [6.45, 7) is 0.607. The van der Waals surface area contributed by atoms with Crippen molar-refractivity contribution in [2.75, 3.05) is 5.32 Å². The number of anilines is 1. The van der Waals surface area contributed by atoms with Crippen molar-refractivity contribution in [2.45, 2.75) is 12.6 Å². The number of nitrogens with one attached hydrogen (secondary N) is 2. The van der Waals surface area contributed by atoms with Gasteiger partial charge in [0.2, 0.25) is 5.91 Å². The zero-order chi connectivity index (χ0) is 16.6. The molecule has 0 bridgehead atoms. The molecule has 1 atom stereocenters. The number of carbonyl (C=O) groups is 1. The molecule has 0 saturated carbocycles. The first-order valence-corrected chi connectivity index (χ1v) is 7.86. The molecule has 24 heavy (non-hydrogen) atoms. The average Bonchev–Trinajstić information content (AvgIpc) is 2.64. The number of nitrogens with zero attached hydrogens (tertiary/aromatic N) is 1. The summed E-state index contributed by atoms with van der Waals surface area (Å²) in [6.07, 6.45) is 3.39. The van der Waals surface area contributed by atoms with Gasteiger partial charge < -0.3 is 5.32 Å². The maximum Gasteiger partial charge on any atom is 0.246 e. The fourth-order valence-corrected chi connectivity index (χ4v) is 2.47. The van der Waals surface area contributed by atoms with Crippen LogP contribution in [0.3, 0.4) is 0 Å². The number of hydrogen-bond acceptors (Lipinski definition) is 3. The SMILES string of the molecule is O=C(Nc1ccccc1)C(NCc1ccccc1)c1ccncc1. The van der Waals surface area contributed by atoms with E-state index in [1.54, 1.807) is 12.4 Å². The average molecular weight is 317 g/mol. The van der Waals surface area contributed by atoms with Crippen LogP contribution in [0.15, 0.2) is 85.2 Å². The molecule has 2 aromatic carbocycles. The Kier molecular flexibility index (Phi) is 5.32. The molecule has 4 nitrogen and oxygen atoms in total. The highest BCUT2D eigenvalue weighted by molar-refractivity contribution is 5.95. The van der Waals surface area contributed by atoms with Gasteiger partial charge in [-0.15, -0.1) is 0 Å². The number of amides is 1. The molecule has 0 spiro atoms. The number of carbonyl (C=O) groups excluding carboxylic acids is 1. The van der Waals surface area contributed by atoms with Gasteiger partial charge in [-0.3, -0.25) is 15.1 Å². The molecule has 0 saturated heterocycles. The Morgan fingerprint density at radius 2 is 1.50 bits per heavy atom. The van der Waals surface area contributed by atoms with Gasteiger partial charge in [-0.25, -0.2) is 0 Å². The van der Waals surface area contributed by atoms with Crippen molar-refractivity contribution in [3.8, 4) is 0 Å². The highest BCUT2D eigenvalue weighted by atomic mass is 16.2. The molecule has 1 aromatic heterocycles. The standard InChI is InChI=1S/C20H19N3O/c24-20(23-18-9-5-2-6-10-18)19(17-11-13-21-14-12-17)22-15-16-7-3-1-4-8-16/h1-14,19,22H,15H2,(H,23,24). The molecule has 0 aliphatic carbocycles. The van der Waals surface area contributed by atoms with Crippen molar-refractivity contribution in [1.29, 1.82) is 0 Å². The molecule has 4 heteroatoms. The van der Waals surface area contributed by atoms with Crippen LogP contribution in [-0.4, -0.2) is 10.9 Å². The minimum absolute atomic E-state index is 0.0941. The second-order valence-corrected chi connectivity index (χ2v) is 5.44. The molecule has 2 N–H and O–H groups in total. The first-order chi connectivity index (χ1) is 11.8. The van der Waals surface area contributed by atoms with Gasteiger partial charge in [-0.1, -0.05) is 48.5 Å². The smallest absolute Gasteiger partial charge is 0.246 e. The third-order valence-corrected chi connectivity index (χ3v) is 3.70. The quantitative estimate of drug-likeness (QED) is 0.731. The van der Waals surface area contributed by atoms with Gasteiger partial charge in [0.25, 0.3) is 0 Å². The Morgan fingerprint density at radius 3 is 2.17 bits per heavy atom. The topological polar surface area (TPSA) is 54.0 Å². The van der Waals surface area contributed by atoms with E-state index in [1.807, 2.05) is 72.8 Å². The zero-order valence-electron chi connectivity index (χ0n) is 13.2. The van der Waals surface area contributed by atoms with Crippen LogP contribution in [0.25, 0.3) is 0 Å². The number of aromatic nitrogens is 1. The molecular weight excluding hydrogens is 298 g/mol. The van der Waals surface area contributed by atoms with E-state index in [0.717, 1.165) is 16.8 Å². The first-order valence-electron chi connectivity index (χ1n) is 7.86. The van der Waals surface area contributed by atoms with Crippen LogP contribution in [0.4, 0.5) is 5.69 Å². The van der Waals surface area contributed by atoms with Crippen LogP contribution in [0.1, 0.15) is 17.2 Å². The van der Waals surface area contributed by atoms with Crippen LogP contribution in [0.5, 0.6) is 0 Å². The molecule has 3 rings (SSSR count). The third kappa shape index (κ3) is 4.27. The summed E-state index contributed by atoms with van der Waals surface area (Å²) >= 11 is 0. The molecule has 0 aliphatic heterocycles. The molecule has 3 aromatic rings. The summed E-state index contributed by atoms with van der Waals surface area (Å²) in [5, 5.41) is 6.29. The summed E-state index contributed by atoms with van der Waals surface area (Å²) in [4.78, 5) is 16.8. The van der Waals surface area contributed by atoms with E-state index < -0.39 is 6.04 Å². The number of para-hydroxylation sites is 1. The van der Waals surface area contributed by atoms with E-state index in [4.69, 9.17) is 0 Å². The summed E-state index contributed by atoms with van der Waals surface area (Å²) in [5.41, 5.74) is 2.79. The molecular formula is C20H19N3O. The van der Waals surface area contributed by atoms with Crippen LogP contribution >= 0.6 is 0 Å². The second-order valence-electron chi connectivity index (χ2n) is 5.44. The monoisotopic (exact) mass is 317 g/mol. The van der Waals surface area contributed by atoms with E-state index >= 15 is 0 Å². The molecule has 1 amide bonds. The minimum atomic E-state index is -0.451. The van der Waals surface area contributed by atoms with E-state index in [2.05, 4.69) is 15.6 Å². The van der Waals surface area contributed by atoms with E-state index in [1.165, 1.54) is 0 Å².